The minimum atomic E-state index is 0.222. The van der Waals surface area contributed by atoms with Gasteiger partial charge in [0.15, 0.2) is 6.54 Å². The summed E-state index contributed by atoms with van der Waals surface area (Å²) >= 11 is 0. The molecular weight excluding hydrogens is 356 g/mol. The number of nitrogens with one attached hydrogen (secondary N) is 1. The maximum absolute atomic E-state index is 12.7. The van der Waals surface area contributed by atoms with Crippen molar-refractivity contribution >= 4 is 17.5 Å². The van der Waals surface area contributed by atoms with E-state index in [1.807, 2.05) is 29.2 Å². The zero-order valence-electron chi connectivity index (χ0n) is 16.0. The first-order valence-electron chi connectivity index (χ1n) is 9.87. The first-order valence-corrected chi connectivity index (χ1v) is 9.87. The highest BCUT2D eigenvalue weighted by atomic mass is 16.3. The fourth-order valence-corrected chi connectivity index (χ4v) is 3.91. The van der Waals surface area contributed by atoms with Gasteiger partial charge in [0, 0.05) is 38.6 Å². The average Bonchev–Trinajstić information content (AvgIpc) is 2.75. The molecule has 0 bridgehead atoms. The van der Waals surface area contributed by atoms with Gasteiger partial charge in [0.2, 0.25) is 5.95 Å². The van der Waals surface area contributed by atoms with Crippen LogP contribution in [0.1, 0.15) is 0 Å². The molecule has 0 spiro atoms. The number of rotatable bonds is 4. The molecule has 2 saturated heterocycles. The molecule has 0 saturated carbocycles. The van der Waals surface area contributed by atoms with Crippen LogP contribution in [-0.4, -0.2) is 84.8 Å². The molecule has 148 valence electrons. The van der Waals surface area contributed by atoms with Gasteiger partial charge in [-0.3, -0.25) is 4.79 Å². The van der Waals surface area contributed by atoms with Crippen molar-refractivity contribution in [2.75, 3.05) is 68.7 Å². The molecule has 1 aromatic carbocycles. The van der Waals surface area contributed by atoms with Gasteiger partial charge in [-0.2, -0.15) is 0 Å². The van der Waals surface area contributed by atoms with E-state index in [2.05, 4.69) is 19.8 Å². The Balaban J connectivity index is 1.24. The maximum atomic E-state index is 12.7. The number of carbonyl (C=O) groups excluding carboxylic acids is 1. The lowest BCUT2D eigenvalue weighted by Gasteiger charge is -2.37. The summed E-state index contributed by atoms with van der Waals surface area (Å²) in [5.41, 5.74) is 0.882. The number of anilines is 2. The first kappa shape index (κ1) is 18.5. The van der Waals surface area contributed by atoms with Crippen molar-refractivity contribution in [2.45, 2.75) is 0 Å². The summed E-state index contributed by atoms with van der Waals surface area (Å²) in [4.78, 5) is 28.9. The van der Waals surface area contributed by atoms with Crippen molar-refractivity contribution < 1.29 is 14.8 Å². The number of hydrogen-bond acceptors (Lipinski definition) is 6. The summed E-state index contributed by atoms with van der Waals surface area (Å²) in [6.07, 6.45) is 3.50. The summed E-state index contributed by atoms with van der Waals surface area (Å²) in [6, 6.07) is 9.26. The lowest BCUT2D eigenvalue weighted by molar-refractivity contribution is -0.892. The summed E-state index contributed by atoms with van der Waals surface area (Å²) in [5.74, 6) is 1.28. The van der Waals surface area contributed by atoms with E-state index < -0.39 is 0 Å². The fraction of sp³-hybridized carbons (Fsp3) is 0.450. The van der Waals surface area contributed by atoms with E-state index in [1.165, 1.54) is 4.90 Å². The molecule has 2 aliphatic rings. The van der Waals surface area contributed by atoms with E-state index in [0.717, 1.165) is 50.9 Å². The number of piperazine rings is 2. The zero-order valence-corrected chi connectivity index (χ0v) is 16.0. The zero-order chi connectivity index (χ0) is 19.3. The number of para-hydroxylation sites is 2. The second-order valence-electron chi connectivity index (χ2n) is 7.32. The number of hydrogen-bond donors (Lipinski definition) is 2. The smallest absolute Gasteiger partial charge is 0.277 e. The van der Waals surface area contributed by atoms with E-state index in [-0.39, 0.29) is 5.91 Å². The molecular formula is C20H27N6O2+. The number of aromatic nitrogens is 2. The number of amides is 1. The number of phenols is 1. The van der Waals surface area contributed by atoms with Crippen molar-refractivity contribution in [1.82, 2.24) is 14.9 Å². The molecule has 2 aliphatic heterocycles. The van der Waals surface area contributed by atoms with Crippen LogP contribution in [0.4, 0.5) is 11.6 Å². The molecule has 0 unspecified atom stereocenters. The topological polar surface area (TPSA) is 77.2 Å². The third-order valence-corrected chi connectivity index (χ3v) is 5.56. The maximum Gasteiger partial charge on any atom is 0.277 e. The number of quaternary nitrogens is 1. The quantitative estimate of drug-likeness (QED) is 0.723. The highest BCUT2D eigenvalue weighted by Crippen LogP contribution is 2.25. The molecule has 0 aliphatic carbocycles. The van der Waals surface area contributed by atoms with E-state index in [1.54, 1.807) is 18.5 Å². The molecule has 8 nitrogen and oxygen atoms in total. The van der Waals surface area contributed by atoms with Gasteiger partial charge in [-0.25, -0.2) is 9.97 Å². The Morgan fingerprint density at radius 1 is 0.929 bits per heavy atom. The Morgan fingerprint density at radius 2 is 1.61 bits per heavy atom. The highest BCUT2D eigenvalue weighted by Gasteiger charge is 2.28. The summed E-state index contributed by atoms with van der Waals surface area (Å²) < 4.78 is 0. The predicted molar refractivity (Wildman–Crippen MR) is 107 cm³/mol. The third kappa shape index (κ3) is 4.17. The van der Waals surface area contributed by atoms with Crippen molar-refractivity contribution in [2.24, 2.45) is 0 Å². The molecule has 2 N–H and O–H groups in total. The molecule has 8 heteroatoms. The largest absolute Gasteiger partial charge is 0.506 e. The molecule has 28 heavy (non-hydrogen) atoms. The Bertz CT molecular complexity index is 786. The van der Waals surface area contributed by atoms with Gasteiger partial charge in [0.1, 0.15) is 5.75 Å². The van der Waals surface area contributed by atoms with Crippen LogP contribution < -0.4 is 14.7 Å². The normalized spacial score (nSPS) is 18.4. The van der Waals surface area contributed by atoms with Gasteiger partial charge in [0.05, 0.1) is 31.9 Å². The third-order valence-electron chi connectivity index (χ3n) is 5.56. The SMILES string of the molecule is O=C(C[NH+]1CCN(c2ccccc2O)CC1)N1CCN(c2ncccn2)CC1. The van der Waals surface area contributed by atoms with Crippen LogP contribution in [0.25, 0.3) is 0 Å². The lowest BCUT2D eigenvalue weighted by Crippen LogP contribution is -3.16. The van der Waals surface area contributed by atoms with Crippen molar-refractivity contribution in [3.63, 3.8) is 0 Å². The van der Waals surface area contributed by atoms with E-state index >= 15 is 0 Å². The second-order valence-corrected chi connectivity index (χ2v) is 7.32. The van der Waals surface area contributed by atoms with Gasteiger partial charge in [0.25, 0.3) is 5.91 Å². The average molecular weight is 383 g/mol. The number of aromatic hydroxyl groups is 1. The number of benzene rings is 1. The van der Waals surface area contributed by atoms with Crippen LogP contribution >= 0.6 is 0 Å². The number of phenolic OH excluding ortho intramolecular Hbond substituents is 1. The van der Waals surface area contributed by atoms with E-state index in [4.69, 9.17) is 0 Å². The van der Waals surface area contributed by atoms with Crippen LogP contribution in [-0.2, 0) is 4.79 Å². The van der Waals surface area contributed by atoms with Crippen molar-refractivity contribution in [3.8, 4) is 5.75 Å². The van der Waals surface area contributed by atoms with Gasteiger partial charge in [-0.05, 0) is 18.2 Å². The number of nitrogens with zero attached hydrogens (tertiary/aromatic N) is 5. The van der Waals surface area contributed by atoms with E-state index in [9.17, 15) is 9.90 Å². The standard InChI is InChI=1S/C20H26N6O2/c27-18-5-2-1-4-17(18)24-10-8-23(9-11-24)16-19(28)25-12-14-26(15-13-25)20-21-6-3-7-22-20/h1-7,27H,8-16H2/p+1. The van der Waals surface area contributed by atoms with Crippen molar-refractivity contribution in [3.05, 3.63) is 42.7 Å². The first-order chi connectivity index (χ1) is 13.7. The van der Waals surface area contributed by atoms with E-state index in [0.29, 0.717) is 25.4 Å². The lowest BCUT2D eigenvalue weighted by atomic mass is 10.2. The summed E-state index contributed by atoms with van der Waals surface area (Å²) in [7, 11) is 0. The van der Waals surface area contributed by atoms with Gasteiger partial charge < -0.3 is 24.7 Å². The molecule has 0 radical (unpaired) electrons. The Labute approximate surface area is 165 Å². The molecule has 2 fully saturated rings. The van der Waals surface area contributed by atoms with Gasteiger partial charge >= 0.3 is 0 Å². The molecule has 1 amide bonds. The van der Waals surface area contributed by atoms with Gasteiger partial charge in [-0.15, -0.1) is 0 Å². The van der Waals surface area contributed by atoms with Crippen LogP contribution in [0, 0.1) is 0 Å². The molecule has 0 atom stereocenters. The van der Waals surface area contributed by atoms with Gasteiger partial charge in [-0.1, -0.05) is 12.1 Å². The molecule has 1 aromatic heterocycles. The predicted octanol–water partition coefficient (Wildman–Crippen LogP) is -0.764. The monoisotopic (exact) mass is 383 g/mol. The van der Waals surface area contributed by atoms with Crippen LogP contribution in [0.15, 0.2) is 42.7 Å². The summed E-state index contributed by atoms with van der Waals surface area (Å²) in [5, 5.41) is 10.0. The number of carbonyl (C=O) groups is 1. The minimum Gasteiger partial charge on any atom is -0.506 e. The summed E-state index contributed by atoms with van der Waals surface area (Å²) in [6.45, 7) is 7.01. The molecule has 2 aromatic rings. The Hall–Kier alpha value is -2.87. The minimum absolute atomic E-state index is 0.222. The molecule has 3 heterocycles. The Kier molecular flexibility index (Phi) is 5.57. The van der Waals surface area contributed by atoms with Crippen LogP contribution in [0.2, 0.25) is 0 Å². The van der Waals surface area contributed by atoms with Crippen LogP contribution in [0.5, 0.6) is 5.75 Å². The van der Waals surface area contributed by atoms with Crippen LogP contribution in [0.3, 0.4) is 0 Å². The van der Waals surface area contributed by atoms with Crippen molar-refractivity contribution in [1.29, 1.82) is 0 Å². The fourth-order valence-electron chi connectivity index (χ4n) is 3.91. The second kappa shape index (κ2) is 8.43. The molecule has 4 rings (SSSR count). The Morgan fingerprint density at radius 3 is 2.29 bits per heavy atom. The highest BCUT2D eigenvalue weighted by molar-refractivity contribution is 5.77.